The molecule has 35 heavy (non-hydrogen) atoms. The van der Waals surface area contributed by atoms with Crippen LogP contribution in [0.15, 0.2) is 34.2 Å². The molecule has 3 rings (SSSR count). The molecule has 0 unspecified atom stereocenters. The van der Waals surface area contributed by atoms with Crippen LogP contribution in [0.5, 0.6) is 0 Å². The van der Waals surface area contributed by atoms with Gasteiger partial charge in [-0.2, -0.15) is 0 Å². The highest BCUT2D eigenvalue weighted by Crippen LogP contribution is 2.24. The van der Waals surface area contributed by atoms with Gasteiger partial charge in [0.15, 0.2) is 0 Å². The Morgan fingerprint density at radius 2 is 1.86 bits per heavy atom. The van der Waals surface area contributed by atoms with Gasteiger partial charge in [-0.1, -0.05) is 19.9 Å². The molecule has 11 heteroatoms. The Morgan fingerprint density at radius 3 is 2.46 bits per heavy atom. The van der Waals surface area contributed by atoms with E-state index >= 15 is 0 Å². The Balaban J connectivity index is 1.52. The molecule has 0 radical (unpaired) electrons. The van der Waals surface area contributed by atoms with E-state index in [2.05, 4.69) is 17.6 Å². The molecule has 0 atom stereocenters. The summed E-state index contributed by atoms with van der Waals surface area (Å²) in [6.45, 7) is 6.09. The molecule has 0 spiro atoms. The molecule has 0 saturated heterocycles. The minimum absolute atomic E-state index is 0.0623. The second-order valence-corrected chi connectivity index (χ2v) is 11.0. The van der Waals surface area contributed by atoms with Crippen molar-refractivity contribution in [3.05, 3.63) is 40.7 Å². The highest BCUT2D eigenvalue weighted by molar-refractivity contribution is 7.90. The van der Waals surface area contributed by atoms with Crippen molar-refractivity contribution in [3.8, 4) is 0 Å². The van der Waals surface area contributed by atoms with E-state index < -0.39 is 27.9 Å². The molecule has 1 aliphatic heterocycles. The van der Waals surface area contributed by atoms with Gasteiger partial charge in [0.25, 0.3) is 15.9 Å². The van der Waals surface area contributed by atoms with Crippen LogP contribution in [0.3, 0.4) is 0 Å². The Morgan fingerprint density at radius 1 is 1.17 bits per heavy atom. The second-order valence-electron chi connectivity index (χ2n) is 9.27. The molecular weight excluding hydrogens is 475 g/mol. The van der Waals surface area contributed by atoms with Gasteiger partial charge in [-0.15, -0.1) is 0 Å². The van der Waals surface area contributed by atoms with Gasteiger partial charge in [-0.25, -0.2) is 27.1 Å². The number of carbonyl (C=O) groups excluding carboxylic acids is 3. The average Bonchev–Trinajstić information content (AvgIpc) is 3.09. The van der Waals surface area contributed by atoms with Crippen LogP contribution >= 0.6 is 0 Å². The van der Waals surface area contributed by atoms with Crippen molar-refractivity contribution in [1.82, 2.24) is 20.3 Å². The first-order valence-corrected chi connectivity index (χ1v) is 13.4. The third-order valence-corrected chi connectivity index (χ3v) is 7.92. The summed E-state index contributed by atoms with van der Waals surface area (Å²) in [5.74, 6) is -0.503. The maximum absolute atomic E-state index is 14.6. The van der Waals surface area contributed by atoms with E-state index in [-0.39, 0.29) is 41.9 Å². The fourth-order valence-electron chi connectivity index (χ4n) is 4.46. The molecule has 0 aromatic heterocycles. The van der Waals surface area contributed by atoms with Crippen molar-refractivity contribution < 1.29 is 27.2 Å². The summed E-state index contributed by atoms with van der Waals surface area (Å²) < 4.78 is 41.6. The van der Waals surface area contributed by atoms with Gasteiger partial charge < -0.3 is 10.6 Å². The summed E-state index contributed by atoms with van der Waals surface area (Å²) in [5.41, 5.74) is 1.67. The van der Waals surface area contributed by atoms with Gasteiger partial charge in [-0.05, 0) is 74.6 Å². The Kier molecular flexibility index (Phi) is 8.52. The SMILES string of the molecule is CCC1=C(C)CN(C(=O)NCCc2ccc(S(=O)(=O)NC(=O)N[C@H]3CC[C@H](C)CC3)cc2F)C1=O. The highest BCUT2D eigenvalue weighted by Gasteiger charge is 2.31. The number of hydrogen-bond donors (Lipinski definition) is 3. The molecule has 0 bridgehead atoms. The van der Waals surface area contributed by atoms with E-state index in [1.807, 2.05) is 18.6 Å². The summed E-state index contributed by atoms with van der Waals surface area (Å²) >= 11 is 0. The number of urea groups is 2. The van der Waals surface area contributed by atoms with Crippen LogP contribution in [0, 0.1) is 11.7 Å². The van der Waals surface area contributed by atoms with E-state index in [0.717, 1.165) is 42.2 Å². The van der Waals surface area contributed by atoms with Crippen molar-refractivity contribution in [2.45, 2.75) is 70.2 Å². The lowest BCUT2D eigenvalue weighted by Gasteiger charge is -2.26. The number of benzene rings is 1. The molecule has 3 N–H and O–H groups in total. The van der Waals surface area contributed by atoms with Crippen LogP contribution in [-0.4, -0.2) is 50.4 Å². The number of hydrogen-bond acceptors (Lipinski definition) is 5. The smallest absolute Gasteiger partial charge is 0.328 e. The zero-order chi connectivity index (χ0) is 25.8. The lowest BCUT2D eigenvalue weighted by atomic mass is 9.87. The summed E-state index contributed by atoms with van der Waals surface area (Å²) in [5, 5.41) is 5.27. The topological polar surface area (TPSA) is 125 Å². The summed E-state index contributed by atoms with van der Waals surface area (Å²) in [6, 6.07) is 1.89. The second kappa shape index (κ2) is 11.2. The standard InChI is InChI=1S/C24H33FN4O5S/c1-4-20-16(3)14-29(22(20)30)24(32)26-12-11-17-7-10-19(13-21(17)25)35(33,34)28-23(31)27-18-8-5-15(2)6-9-18/h7,10,13,15,18H,4-6,8-9,11-12,14H2,1-3H3,(H,26,32)(H2,27,28,31)/t15-,18-. The molecule has 1 aliphatic carbocycles. The number of carbonyl (C=O) groups is 3. The highest BCUT2D eigenvalue weighted by atomic mass is 32.2. The van der Waals surface area contributed by atoms with Gasteiger partial charge in [0.05, 0.1) is 11.4 Å². The first-order valence-electron chi connectivity index (χ1n) is 11.9. The third-order valence-electron chi connectivity index (χ3n) is 6.60. The summed E-state index contributed by atoms with van der Waals surface area (Å²) in [6.07, 6.45) is 4.16. The average molecular weight is 509 g/mol. The summed E-state index contributed by atoms with van der Waals surface area (Å²) in [7, 11) is -4.25. The number of nitrogens with one attached hydrogen (secondary N) is 3. The van der Waals surface area contributed by atoms with Gasteiger partial charge in [0.1, 0.15) is 5.82 Å². The van der Waals surface area contributed by atoms with Crippen molar-refractivity contribution in [2.24, 2.45) is 5.92 Å². The molecular formula is C24H33FN4O5S. The van der Waals surface area contributed by atoms with Crippen LogP contribution in [0.4, 0.5) is 14.0 Å². The lowest BCUT2D eigenvalue weighted by Crippen LogP contribution is -2.45. The van der Waals surface area contributed by atoms with Crippen LogP contribution in [-0.2, 0) is 21.2 Å². The first kappa shape index (κ1) is 26.7. The molecule has 1 aromatic carbocycles. The van der Waals surface area contributed by atoms with Crippen LogP contribution in [0.25, 0.3) is 0 Å². The number of nitrogens with zero attached hydrogens (tertiary/aromatic N) is 1. The lowest BCUT2D eigenvalue weighted by molar-refractivity contribution is -0.123. The maximum atomic E-state index is 14.6. The quantitative estimate of drug-likeness (QED) is 0.522. The molecule has 5 amide bonds. The first-order chi connectivity index (χ1) is 16.5. The molecule has 1 saturated carbocycles. The van der Waals surface area contributed by atoms with Crippen LogP contribution in [0.2, 0.25) is 0 Å². The number of amides is 5. The minimum atomic E-state index is -4.25. The Bertz CT molecular complexity index is 1130. The van der Waals surface area contributed by atoms with Crippen molar-refractivity contribution >= 4 is 28.0 Å². The van der Waals surface area contributed by atoms with E-state index in [9.17, 15) is 27.2 Å². The van der Waals surface area contributed by atoms with E-state index in [4.69, 9.17) is 0 Å². The Hall–Kier alpha value is -2.95. The Labute approximate surface area is 205 Å². The van der Waals surface area contributed by atoms with Crippen LogP contribution in [0.1, 0.15) is 58.4 Å². The molecule has 9 nitrogen and oxygen atoms in total. The molecule has 1 fully saturated rings. The molecule has 2 aliphatic rings. The van der Waals surface area contributed by atoms with E-state index in [0.29, 0.717) is 17.9 Å². The number of sulfonamides is 1. The fraction of sp³-hybridized carbons (Fsp3) is 0.542. The van der Waals surface area contributed by atoms with Gasteiger partial charge >= 0.3 is 12.1 Å². The minimum Gasteiger partial charge on any atom is -0.337 e. The molecule has 1 heterocycles. The number of halogens is 1. The van der Waals surface area contributed by atoms with Crippen molar-refractivity contribution in [1.29, 1.82) is 0 Å². The van der Waals surface area contributed by atoms with Gasteiger partial charge in [-0.3, -0.25) is 9.69 Å². The van der Waals surface area contributed by atoms with Crippen LogP contribution < -0.4 is 15.4 Å². The third kappa shape index (κ3) is 6.59. The number of rotatable bonds is 7. The van der Waals surface area contributed by atoms with Gasteiger partial charge in [0.2, 0.25) is 0 Å². The predicted molar refractivity (Wildman–Crippen MR) is 128 cm³/mol. The zero-order valence-corrected chi connectivity index (χ0v) is 21.1. The maximum Gasteiger partial charge on any atom is 0.328 e. The normalized spacial score (nSPS) is 20.7. The monoisotopic (exact) mass is 508 g/mol. The summed E-state index contributed by atoms with van der Waals surface area (Å²) in [4.78, 5) is 37.5. The van der Waals surface area contributed by atoms with E-state index in [1.54, 1.807) is 0 Å². The zero-order valence-electron chi connectivity index (χ0n) is 20.3. The van der Waals surface area contributed by atoms with Crippen molar-refractivity contribution in [2.75, 3.05) is 13.1 Å². The molecule has 192 valence electrons. The predicted octanol–water partition coefficient (Wildman–Crippen LogP) is 3.21. The largest absolute Gasteiger partial charge is 0.337 e. The number of imide groups is 1. The van der Waals surface area contributed by atoms with E-state index in [1.165, 1.54) is 12.1 Å². The van der Waals surface area contributed by atoms with Crippen molar-refractivity contribution in [3.63, 3.8) is 0 Å². The van der Waals surface area contributed by atoms with Gasteiger partial charge in [0, 0.05) is 18.2 Å². The molecule has 1 aromatic rings. The fourth-order valence-corrected chi connectivity index (χ4v) is 5.39.